The molecule has 0 aliphatic rings. The van der Waals surface area contributed by atoms with E-state index in [1.807, 2.05) is 6.07 Å². The third-order valence-corrected chi connectivity index (χ3v) is 2.84. The third-order valence-electron chi connectivity index (χ3n) is 1.70. The van der Waals surface area contributed by atoms with E-state index in [9.17, 15) is 9.59 Å². The highest BCUT2D eigenvalue weighted by atomic mass is 32.2. The summed E-state index contributed by atoms with van der Waals surface area (Å²) in [6.07, 6.45) is 0. The molecule has 0 aliphatic heterocycles. The molecular formula is C11H12O3S. The second kappa shape index (κ2) is 5.56. The van der Waals surface area contributed by atoms with Gasteiger partial charge in [-0.3, -0.25) is 4.79 Å². The number of rotatable bonds is 4. The molecule has 15 heavy (non-hydrogen) atoms. The van der Waals surface area contributed by atoms with Gasteiger partial charge in [-0.1, -0.05) is 6.07 Å². The second-order valence-corrected chi connectivity index (χ2v) is 4.06. The molecule has 0 amide bonds. The summed E-state index contributed by atoms with van der Waals surface area (Å²) in [5.74, 6) is 0.175. The Hall–Kier alpha value is -1.29. The van der Waals surface area contributed by atoms with E-state index < -0.39 is 0 Å². The molecule has 80 valence electrons. The number of Topliss-reactive ketones (excluding diaryl/α,β-unsaturated/α-hetero) is 1. The normalized spacial score (nSPS) is 9.73. The molecule has 0 aliphatic carbocycles. The van der Waals surface area contributed by atoms with Gasteiger partial charge in [0, 0.05) is 4.90 Å². The van der Waals surface area contributed by atoms with Gasteiger partial charge in [-0.15, -0.1) is 11.8 Å². The van der Waals surface area contributed by atoms with E-state index in [1.54, 1.807) is 18.2 Å². The average Bonchev–Trinajstić information content (AvgIpc) is 2.25. The molecule has 0 heterocycles. The van der Waals surface area contributed by atoms with Crippen LogP contribution in [0.4, 0.5) is 0 Å². The van der Waals surface area contributed by atoms with E-state index in [0.29, 0.717) is 11.3 Å². The molecule has 0 atom stereocenters. The van der Waals surface area contributed by atoms with Gasteiger partial charge < -0.3 is 4.74 Å². The van der Waals surface area contributed by atoms with E-state index >= 15 is 0 Å². The Morgan fingerprint density at radius 2 is 2.13 bits per heavy atom. The number of hydrogen-bond donors (Lipinski definition) is 0. The number of benzene rings is 1. The van der Waals surface area contributed by atoms with Crippen molar-refractivity contribution in [2.45, 2.75) is 11.8 Å². The van der Waals surface area contributed by atoms with Crippen LogP contribution in [0.15, 0.2) is 29.2 Å². The number of carbonyl (C=O) groups is 2. The van der Waals surface area contributed by atoms with Gasteiger partial charge in [0.1, 0.15) is 5.78 Å². The quantitative estimate of drug-likeness (QED) is 0.580. The molecule has 0 aromatic heterocycles. The maximum Gasteiger partial charge on any atom is 0.337 e. The molecule has 0 saturated carbocycles. The van der Waals surface area contributed by atoms with Crippen molar-refractivity contribution in [3.63, 3.8) is 0 Å². The van der Waals surface area contributed by atoms with Crippen LogP contribution < -0.4 is 0 Å². The topological polar surface area (TPSA) is 43.4 Å². The molecule has 1 aromatic rings. The predicted octanol–water partition coefficient (Wildman–Crippen LogP) is 2.15. The van der Waals surface area contributed by atoms with Crippen molar-refractivity contribution in [3.05, 3.63) is 29.8 Å². The van der Waals surface area contributed by atoms with Crippen LogP contribution in [0.1, 0.15) is 17.3 Å². The highest BCUT2D eigenvalue weighted by Gasteiger charge is 2.06. The first kappa shape index (κ1) is 11.8. The third kappa shape index (κ3) is 3.75. The molecule has 3 nitrogen and oxygen atoms in total. The number of thioether (sulfide) groups is 1. The van der Waals surface area contributed by atoms with Crippen molar-refractivity contribution >= 4 is 23.5 Å². The molecule has 1 aromatic carbocycles. The predicted molar refractivity (Wildman–Crippen MR) is 59.2 cm³/mol. The van der Waals surface area contributed by atoms with Crippen LogP contribution in [0.25, 0.3) is 0 Å². The van der Waals surface area contributed by atoms with Gasteiger partial charge in [-0.2, -0.15) is 0 Å². The Balaban J connectivity index is 2.74. The number of ketones is 1. The van der Waals surface area contributed by atoms with E-state index in [-0.39, 0.29) is 11.8 Å². The number of methoxy groups -OCH3 is 1. The first-order valence-electron chi connectivity index (χ1n) is 4.44. The molecule has 4 heteroatoms. The highest BCUT2D eigenvalue weighted by Crippen LogP contribution is 2.19. The lowest BCUT2D eigenvalue weighted by atomic mass is 10.2. The lowest BCUT2D eigenvalue weighted by Crippen LogP contribution is -2.01. The van der Waals surface area contributed by atoms with Crippen LogP contribution in [-0.4, -0.2) is 24.6 Å². The molecule has 0 bridgehead atoms. The molecule has 0 saturated heterocycles. The summed E-state index contributed by atoms with van der Waals surface area (Å²) in [6.45, 7) is 1.54. The molecule has 0 unspecified atom stereocenters. The monoisotopic (exact) mass is 224 g/mol. The van der Waals surface area contributed by atoms with Gasteiger partial charge in [0.2, 0.25) is 0 Å². The molecule has 0 spiro atoms. The zero-order valence-electron chi connectivity index (χ0n) is 8.65. The standard InChI is InChI=1S/C11H12O3S/c1-8(12)7-15-10-5-3-4-9(6-10)11(13)14-2/h3-6H,7H2,1-2H3. The van der Waals surface area contributed by atoms with Crippen LogP contribution >= 0.6 is 11.8 Å². The smallest absolute Gasteiger partial charge is 0.337 e. The summed E-state index contributed by atoms with van der Waals surface area (Å²) in [7, 11) is 1.34. The minimum absolute atomic E-state index is 0.114. The van der Waals surface area contributed by atoms with Crippen molar-refractivity contribution in [3.8, 4) is 0 Å². The summed E-state index contributed by atoms with van der Waals surface area (Å²) in [5, 5.41) is 0. The van der Waals surface area contributed by atoms with E-state index in [2.05, 4.69) is 4.74 Å². The van der Waals surface area contributed by atoms with Crippen molar-refractivity contribution < 1.29 is 14.3 Å². The Kier molecular flexibility index (Phi) is 4.37. The highest BCUT2D eigenvalue weighted by molar-refractivity contribution is 8.00. The van der Waals surface area contributed by atoms with Crippen molar-refractivity contribution in [1.29, 1.82) is 0 Å². The SMILES string of the molecule is COC(=O)c1cccc(SCC(C)=O)c1. The van der Waals surface area contributed by atoms with Crippen LogP contribution in [0.5, 0.6) is 0 Å². The molecule has 0 radical (unpaired) electrons. The number of ether oxygens (including phenoxy) is 1. The Labute approximate surface area is 92.8 Å². The second-order valence-electron chi connectivity index (χ2n) is 3.01. The number of carbonyl (C=O) groups excluding carboxylic acids is 2. The number of esters is 1. The fourth-order valence-electron chi connectivity index (χ4n) is 1.02. The van der Waals surface area contributed by atoms with E-state index in [1.165, 1.54) is 25.8 Å². The largest absolute Gasteiger partial charge is 0.465 e. The zero-order chi connectivity index (χ0) is 11.3. The maximum atomic E-state index is 11.2. The zero-order valence-corrected chi connectivity index (χ0v) is 9.47. The van der Waals surface area contributed by atoms with Gasteiger partial charge in [-0.25, -0.2) is 4.79 Å². The summed E-state index contributed by atoms with van der Waals surface area (Å²) in [6, 6.07) is 7.04. The summed E-state index contributed by atoms with van der Waals surface area (Å²) in [5.41, 5.74) is 0.506. The van der Waals surface area contributed by atoms with Gasteiger partial charge in [0.15, 0.2) is 0 Å². The average molecular weight is 224 g/mol. The Morgan fingerprint density at radius 1 is 1.40 bits per heavy atom. The number of hydrogen-bond acceptors (Lipinski definition) is 4. The summed E-state index contributed by atoms with van der Waals surface area (Å²) >= 11 is 1.41. The Morgan fingerprint density at radius 3 is 2.73 bits per heavy atom. The van der Waals surface area contributed by atoms with E-state index in [4.69, 9.17) is 0 Å². The van der Waals surface area contributed by atoms with E-state index in [0.717, 1.165) is 4.90 Å². The van der Waals surface area contributed by atoms with Gasteiger partial charge >= 0.3 is 5.97 Å². The van der Waals surface area contributed by atoms with Crippen LogP contribution in [0.3, 0.4) is 0 Å². The molecule has 0 fully saturated rings. The van der Waals surface area contributed by atoms with Crippen molar-refractivity contribution in [2.75, 3.05) is 12.9 Å². The summed E-state index contributed by atoms with van der Waals surface area (Å²) < 4.78 is 4.60. The van der Waals surface area contributed by atoms with Crippen molar-refractivity contribution in [2.24, 2.45) is 0 Å². The minimum atomic E-state index is -0.361. The fraction of sp³-hybridized carbons (Fsp3) is 0.273. The fourth-order valence-corrected chi connectivity index (χ4v) is 1.77. The molecule has 0 N–H and O–H groups in total. The maximum absolute atomic E-state index is 11.2. The Bertz CT molecular complexity index is 374. The first-order valence-corrected chi connectivity index (χ1v) is 5.42. The van der Waals surface area contributed by atoms with Gasteiger partial charge in [0.05, 0.1) is 18.4 Å². The van der Waals surface area contributed by atoms with Gasteiger partial charge in [0.25, 0.3) is 0 Å². The van der Waals surface area contributed by atoms with Gasteiger partial charge in [-0.05, 0) is 25.1 Å². The van der Waals surface area contributed by atoms with Crippen molar-refractivity contribution in [1.82, 2.24) is 0 Å². The summed E-state index contributed by atoms with van der Waals surface area (Å²) in [4.78, 5) is 22.9. The lowest BCUT2D eigenvalue weighted by molar-refractivity contribution is -0.114. The minimum Gasteiger partial charge on any atom is -0.465 e. The molecule has 1 rings (SSSR count). The first-order chi connectivity index (χ1) is 7.13. The lowest BCUT2D eigenvalue weighted by Gasteiger charge is -2.02. The van der Waals surface area contributed by atoms with Crippen LogP contribution in [0.2, 0.25) is 0 Å². The van der Waals surface area contributed by atoms with Crippen LogP contribution in [0, 0.1) is 0 Å². The van der Waals surface area contributed by atoms with Crippen LogP contribution in [-0.2, 0) is 9.53 Å². The molecular weight excluding hydrogens is 212 g/mol.